The van der Waals surface area contributed by atoms with Crippen LogP contribution in [0.4, 0.5) is 0 Å². The van der Waals surface area contributed by atoms with Crippen LogP contribution >= 0.6 is 15.9 Å². The van der Waals surface area contributed by atoms with E-state index in [0.717, 1.165) is 21.3 Å². The number of benzene rings is 2. The number of carbonyl (C=O) groups excluding carboxylic acids is 1. The van der Waals surface area contributed by atoms with Crippen molar-refractivity contribution in [3.8, 4) is 11.5 Å². The maximum atomic E-state index is 11.8. The maximum Gasteiger partial charge on any atom is 0.331 e. The minimum absolute atomic E-state index is 0.211. The van der Waals surface area contributed by atoms with E-state index < -0.39 is 5.97 Å². The van der Waals surface area contributed by atoms with Gasteiger partial charge in [-0.1, -0.05) is 28.1 Å². The zero-order valence-corrected chi connectivity index (χ0v) is 14.5. The molecule has 0 aromatic heterocycles. The molecule has 0 spiro atoms. The normalized spacial score (nSPS) is 10.6. The van der Waals surface area contributed by atoms with Crippen LogP contribution in [-0.2, 0) is 16.1 Å². The predicted molar refractivity (Wildman–Crippen MR) is 92.5 cm³/mol. The molecule has 0 aliphatic carbocycles. The Morgan fingerprint density at radius 2 is 1.83 bits per heavy atom. The third-order valence-corrected chi connectivity index (χ3v) is 3.62. The van der Waals surface area contributed by atoms with Gasteiger partial charge in [0.25, 0.3) is 0 Å². The van der Waals surface area contributed by atoms with Crippen LogP contribution in [0.15, 0.2) is 53.0 Å². The van der Waals surface area contributed by atoms with Gasteiger partial charge >= 0.3 is 5.97 Å². The molecule has 0 atom stereocenters. The SMILES string of the molecule is COc1ccc(COC(=O)/C=C/c2cc(Br)ccc2OC)cc1. The molecule has 0 unspecified atom stereocenters. The Morgan fingerprint density at radius 3 is 2.48 bits per heavy atom. The van der Waals surface area contributed by atoms with Gasteiger partial charge in [-0.2, -0.15) is 0 Å². The fraction of sp³-hybridized carbons (Fsp3) is 0.167. The van der Waals surface area contributed by atoms with Crippen molar-refractivity contribution >= 4 is 28.0 Å². The predicted octanol–water partition coefficient (Wildman–Crippen LogP) is 4.22. The summed E-state index contributed by atoms with van der Waals surface area (Å²) in [5.41, 5.74) is 1.69. The molecule has 0 saturated heterocycles. The van der Waals surface area contributed by atoms with E-state index in [9.17, 15) is 4.79 Å². The van der Waals surface area contributed by atoms with Gasteiger partial charge in [0.1, 0.15) is 18.1 Å². The van der Waals surface area contributed by atoms with Crippen molar-refractivity contribution in [1.29, 1.82) is 0 Å². The first-order valence-corrected chi connectivity index (χ1v) is 7.73. The molecule has 23 heavy (non-hydrogen) atoms. The summed E-state index contributed by atoms with van der Waals surface area (Å²) in [7, 11) is 3.19. The highest BCUT2D eigenvalue weighted by atomic mass is 79.9. The topological polar surface area (TPSA) is 44.8 Å². The number of rotatable bonds is 6. The third-order valence-electron chi connectivity index (χ3n) is 3.13. The van der Waals surface area contributed by atoms with Gasteiger partial charge in [0, 0.05) is 16.1 Å². The van der Waals surface area contributed by atoms with Gasteiger partial charge in [0.05, 0.1) is 14.2 Å². The summed E-state index contributed by atoms with van der Waals surface area (Å²) in [5, 5.41) is 0. The van der Waals surface area contributed by atoms with Crippen LogP contribution in [0.2, 0.25) is 0 Å². The van der Waals surface area contributed by atoms with Crippen molar-refractivity contribution in [2.75, 3.05) is 14.2 Å². The molecule has 0 N–H and O–H groups in total. The van der Waals surface area contributed by atoms with Crippen LogP contribution in [0.25, 0.3) is 6.08 Å². The maximum absolute atomic E-state index is 11.8. The van der Waals surface area contributed by atoms with Gasteiger partial charge in [-0.05, 0) is 42.0 Å². The molecule has 0 heterocycles. The summed E-state index contributed by atoms with van der Waals surface area (Å²) in [5.74, 6) is 1.04. The van der Waals surface area contributed by atoms with E-state index in [-0.39, 0.29) is 6.61 Å². The van der Waals surface area contributed by atoms with Crippen molar-refractivity contribution in [2.45, 2.75) is 6.61 Å². The van der Waals surface area contributed by atoms with E-state index in [1.54, 1.807) is 20.3 Å². The highest BCUT2D eigenvalue weighted by Crippen LogP contribution is 2.24. The molecule has 0 fully saturated rings. The van der Waals surface area contributed by atoms with Crippen LogP contribution in [0.1, 0.15) is 11.1 Å². The van der Waals surface area contributed by atoms with Crippen LogP contribution in [0.5, 0.6) is 11.5 Å². The molecule has 0 aliphatic heterocycles. The van der Waals surface area contributed by atoms with Gasteiger partial charge in [-0.3, -0.25) is 0 Å². The summed E-state index contributed by atoms with van der Waals surface area (Å²) in [4.78, 5) is 11.8. The second kappa shape index (κ2) is 8.39. The third kappa shape index (κ3) is 5.14. The number of carbonyl (C=O) groups is 1. The zero-order chi connectivity index (χ0) is 16.7. The summed E-state index contributed by atoms with van der Waals surface area (Å²) >= 11 is 3.39. The molecule has 0 amide bonds. The number of ether oxygens (including phenoxy) is 3. The van der Waals surface area contributed by atoms with Gasteiger partial charge in [0.15, 0.2) is 0 Å². The standard InChI is InChI=1S/C18H17BrO4/c1-21-16-7-3-13(4-8-16)12-23-18(20)10-5-14-11-15(19)6-9-17(14)22-2/h3-11H,12H2,1-2H3/b10-5+. The molecule has 2 rings (SSSR count). The lowest BCUT2D eigenvalue weighted by molar-refractivity contribution is -0.138. The molecular weight excluding hydrogens is 360 g/mol. The number of esters is 1. The summed E-state index contributed by atoms with van der Waals surface area (Å²) < 4.78 is 16.4. The number of methoxy groups -OCH3 is 2. The molecule has 0 saturated carbocycles. The van der Waals surface area contributed by atoms with Crippen molar-refractivity contribution < 1.29 is 19.0 Å². The molecule has 2 aromatic carbocycles. The monoisotopic (exact) mass is 376 g/mol. The van der Waals surface area contributed by atoms with Crippen LogP contribution in [0.3, 0.4) is 0 Å². The molecular formula is C18H17BrO4. The quantitative estimate of drug-likeness (QED) is 0.559. The Labute approximate surface area is 143 Å². The summed E-state index contributed by atoms with van der Waals surface area (Å²) in [6.07, 6.45) is 3.05. The molecule has 0 bridgehead atoms. The first kappa shape index (κ1) is 17.1. The fourth-order valence-corrected chi connectivity index (χ4v) is 2.30. The van der Waals surface area contributed by atoms with Crippen molar-refractivity contribution in [3.05, 3.63) is 64.1 Å². The lowest BCUT2D eigenvalue weighted by atomic mass is 10.2. The van der Waals surface area contributed by atoms with E-state index >= 15 is 0 Å². The Morgan fingerprint density at radius 1 is 1.09 bits per heavy atom. The zero-order valence-electron chi connectivity index (χ0n) is 12.9. The van der Waals surface area contributed by atoms with Crippen LogP contribution in [0, 0.1) is 0 Å². The van der Waals surface area contributed by atoms with E-state index in [1.807, 2.05) is 42.5 Å². The first-order valence-electron chi connectivity index (χ1n) is 6.93. The van der Waals surface area contributed by atoms with Crippen LogP contribution < -0.4 is 9.47 Å². The molecule has 5 heteroatoms. The van der Waals surface area contributed by atoms with E-state index in [2.05, 4.69) is 15.9 Å². The average Bonchev–Trinajstić information content (AvgIpc) is 2.58. The molecule has 0 radical (unpaired) electrons. The molecule has 0 aliphatic rings. The number of hydrogen-bond acceptors (Lipinski definition) is 4. The number of hydrogen-bond donors (Lipinski definition) is 0. The fourth-order valence-electron chi connectivity index (χ4n) is 1.92. The summed E-state index contributed by atoms with van der Waals surface area (Å²) in [6.45, 7) is 0.211. The second-order valence-electron chi connectivity index (χ2n) is 4.68. The van der Waals surface area contributed by atoms with E-state index in [4.69, 9.17) is 14.2 Å². The Kier molecular flexibility index (Phi) is 6.23. The second-order valence-corrected chi connectivity index (χ2v) is 5.59. The van der Waals surface area contributed by atoms with E-state index in [0.29, 0.717) is 5.75 Å². The van der Waals surface area contributed by atoms with Crippen LogP contribution in [-0.4, -0.2) is 20.2 Å². The Balaban J connectivity index is 1.95. The lowest BCUT2D eigenvalue weighted by Gasteiger charge is -2.05. The van der Waals surface area contributed by atoms with Gasteiger partial charge in [-0.15, -0.1) is 0 Å². The van der Waals surface area contributed by atoms with Crippen molar-refractivity contribution in [3.63, 3.8) is 0 Å². The van der Waals surface area contributed by atoms with Crippen molar-refractivity contribution in [2.24, 2.45) is 0 Å². The Hall–Kier alpha value is -2.27. The molecule has 120 valence electrons. The minimum Gasteiger partial charge on any atom is -0.497 e. The lowest BCUT2D eigenvalue weighted by Crippen LogP contribution is -2.00. The van der Waals surface area contributed by atoms with Gasteiger partial charge in [0.2, 0.25) is 0 Å². The van der Waals surface area contributed by atoms with E-state index in [1.165, 1.54) is 6.08 Å². The smallest absolute Gasteiger partial charge is 0.331 e. The van der Waals surface area contributed by atoms with Gasteiger partial charge < -0.3 is 14.2 Å². The largest absolute Gasteiger partial charge is 0.497 e. The van der Waals surface area contributed by atoms with Gasteiger partial charge in [-0.25, -0.2) is 4.79 Å². The molecule has 2 aromatic rings. The first-order chi connectivity index (χ1) is 11.1. The highest BCUT2D eigenvalue weighted by molar-refractivity contribution is 9.10. The molecule has 4 nitrogen and oxygen atoms in total. The Bertz CT molecular complexity index is 693. The highest BCUT2D eigenvalue weighted by Gasteiger charge is 2.03. The number of halogens is 1. The van der Waals surface area contributed by atoms with Crippen molar-refractivity contribution in [1.82, 2.24) is 0 Å². The summed E-state index contributed by atoms with van der Waals surface area (Å²) in [6, 6.07) is 12.9. The average molecular weight is 377 g/mol. The minimum atomic E-state index is -0.414.